The van der Waals surface area contributed by atoms with Gasteiger partial charge >= 0.3 is 0 Å². The van der Waals surface area contributed by atoms with Gasteiger partial charge in [-0.3, -0.25) is 9.59 Å². The quantitative estimate of drug-likeness (QED) is 0.399. The van der Waals surface area contributed by atoms with Crippen molar-refractivity contribution < 1.29 is 9.21 Å². The van der Waals surface area contributed by atoms with Crippen LogP contribution in [0.2, 0.25) is 0 Å². The number of carbonyl (C=O) groups excluding carboxylic acids is 1. The summed E-state index contributed by atoms with van der Waals surface area (Å²) in [4.78, 5) is 26.0. The predicted octanol–water partition coefficient (Wildman–Crippen LogP) is 4.93. The van der Waals surface area contributed by atoms with E-state index in [-0.39, 0.29) is 11.3 Å². The average molecular weight is 450 g/mol. The largest absolute Gasteiger partial charge is 0.455 e. The number of fused-ring (bicyclic) bond motifs is 1. The molecule has 3 aromatic carbocycles. The molecule has 6 nitrogen and oxygen atoms in total. The molecular weight excluding hydrogens is 426 g/mol. The van der Waals surface area contributed by atoms with Gasteiger partial charge in [0.1, 0.15) is 5.76 Å². The first kappa shape index (κ1) is 21.4. The average Bonchev–Trinajstić information content (AvgIpc) is 3.42. The smallest absolute Gasteiger partial charge is 0.255 e. The predicted molar refractivity (Wildman–Crippen MR) is 132 cm³/mol. The molecule has 0 radical (unpaired) electrons. The van der Waals surface area contributed by atoms with Crippen LogP contribution in [0.15, 0.2) is 100 Å². The highest BCUT2D eigenvalue weighted by Crippen LogP contribution is 2.27. The van der Waals surface area contributed by atoms with Crippen LogP contribution in [0.25, 0.3) is 28.0 Å². The molecule has 0 aliphatic carbocycles. The van der Waals surface area contributed by atoms with E-state index in [1.807, 2.05) is 66.9 Å². The molecule has 0 fully saturated rings. The van der Waals surface area contributed by atoms with Gasteiger partial charge in [-0.05, 0) is 49.2 Å². The van der Waals surface area contributed by atoms with Gasteiger partial charge in [-0.25, -0.2) is 4.68 Å². The first-order valence-corrected chi connectivity index (χ1v) is 11.1. The molecule has 6 heteroatoms. The van der Waals surface area contributed by atoms with Gasteiger partial charge in [0.25, 0.3) is 5.91 Å². The molecule has 0 unspecified atom stereocenters. The van der Waals surface area contributed by atoms with Crippen molar-refractivity contribution in [3.05, 3.63) is 118 Å². The second-order valence-corrected chi connectivity index (χ2v) is 8.06. The maximum atomic E-state index is 13.0. The van der Waals surface area contributed by atoms with E-state index in [9.17, 15) is 9.59 Å². The molecule has 168 valence electrons. The summed E-state index contributed by atoms with van der Waals surface area (Å²) in [5.41, 5.74) is 3.92. The third-order valence-electron chi connectivity index (χ3n) is 5.83. The Bertz CT molecular complexity index is 1500. The number of carbonyl (C=O) groups is 1. The van der Waals surface area contributed by atoms with Crippen LogP contribution in [-0.2, 0) is 6.42 Å². The summed E-state index contributed by atoms with van der Waals surface area (Å²) in [6.07, 6.45) is 4.31. The molecule has 0 atom stereocenters. The van der Waals surface area contributed by atoms with Crippen molar-refractivity contribution >= 4 is 16.9 Å². The van der Waals surface area contributed by atoms with E-state index < -0.39 is 0 Å². The van der Waals surface area contributed by atoms with Crippen LogP contribution in [0, 0.1) is 6.92 Å². The van der Waals surface area contributed by atoms with Crippen LogP contribution in [0.5, 0.6) is 0 Å². The standard InChI is InChI=1S/C28H23N3O3/c1-19-25(32)23-9-5-10-24(27(23)34-26(19)21-7-3-2-4-8-21)28(33)29-17-15-20-11-13-22(14-12-20)31-18-6-16-30-31/h2-14,16,18H,15,17H2,1H3,(H,29,33). The zero-order valence-corrected chi connectivity index (χ0v) is 18.7. The summed E-state index contributed by atoms with van der Waals surface area (Å²) < 4.78 is 7.95. The fourth-order valence-electron chi connectivity index (χ4n) is 4.01. The van der Waals surface area contributed by atoms with Crippen molar-refractivity contribution in [2.75, 3.05) is 6.54 Å². The molecule has 2 aromatic heterocycles. The van der Waals surface area contributed by atoms with Crippen molar-refractivity contribution in [3.63, 3.8) is 0 Å². The molecule has 0 spiro atoms. The first-order valence-electron chi connectivity index (χ1n) is 11.1. The molecule has 5 aromatic rings. The van der Waals surface area contributed by atoms with E-state index in [0.29, 0.717) is 40.8 Å². The lowest BCUT2D eigenvalue weighted by Crippen LogP contribution is -2.26. The summed E-state index contributed by atoms with van der Waals surface area (Å²) in [6.45, 7) is 2.20. The Balaban J connectivity index is 1.36. The molecule has 0 saturated carbocycles. The van der Waals surface area contributed by atoms with E-state index in [1.165, 1.54) is 0 Å². The molecule has 1 amide bonds. The molecule has 0 aliphatic heterocycles. The van der Waals surface area contributed by atoms with E-state index in [0.717, 1.165) is 16.8 Å². The molecule has 0 aliphatic rings. The van der Waals surface area contributed by atoms with Gasteiger partial charge in [0, 0.05) is 30.1 Å². The first-order chi connectivity index (χ1) is 16.6. The fraction of sp³-hybridized carbons (Fsp3) is 0.107. The highest BCUT2D eigenvalue weighted by Gasteiger charge is 2.18. The number of aromatic nitrogens is 2. The number of rotatable bonds is 6. The molecule has 5 rings (SSSR count). The molecule has 1 N–H and O–H groups in total. The monoisotopic (exact) mass is 449 g/mol. The SMILES string of the molecule is Cc1c(-c2ccccc2)oc2c(C(=O)NCCc3ccc(-n4cccn4)cc3)cccc2c1=O. The molecule has 0 saturated heterocycles. The summed E-state index contributed by atoms with van der Waals surface area (Å²) in [5.74, 6) is 0.209. The highest BCUT2D eigenvalue weighted by molar-refractivity contribution is 6.05. The maximum absolute atomic E-state index is 13.0. The van der Waals surface area contributed by atoms with Gasteiger partial charge in [-0.1, -0.05) is 48.5 Å². The number of nitrogens with zero attached hydrogens (tertiary/aromatic N) is 2. The number of hydrogen-bond donors (Lipinski definition) is 1. The Morgan fingerprint density at radius 1 is 0.971 bits per heavy atom. The van der Waals surface area contributed by atoms with Gasteiger partial charge < -0.3 is 9.73 Å². The molecule has 2 heterocycles. The van der Waals surface area contributed by atoms with Crippen molar-refractivity contribution in [1.82, 2.24) is 15.1 Å². The van der Waals surface area contributed by atoms with E-state index in [4.69, 9.17) is 4.42 Å². The Labute approximate surface area is 196 Å². The third kappa shape index (κ3) is 4.13. The minimum Gasteiger partial charge on any atom is -0.455 e. The van der Waals surface area contributed by atoms with Gasteiger partial charge in [-0.15, -0.1) is 0 Å². The third-order valence-corrected chi connectivity index (χ3v) is 5.83. The van der Waals surface area contributed by atoms with E-state index >= 15 is 0 Å². The number of hydrogen-bond acceptors (Lipinski definition) is 4. The lowest BCUT2D eigenvalue weighted by Gasteiger charge is -2.11. The van der Waals surface area contributed by atoms with Gasteiger partial charge in [0.05, 0.1) is 16.6 Å². The van der Waals surface area contributed by atoms with Crippen molar-refractivity contribution in [3.8, 4) is 17.0 Å². The summed E-state index contributed by atoms with van der Waals surface area (Å²) >= 11 is 0. The van der Waals surface area contributed by atoms with Crippen LogP contribution < -0.4 is 10.7 Å². The molecule has 34 heavy (non-hydrogen) atoms. The number of nitrogens with one attached hydrogen (secondary N) is 1. The Kier molecular flexibility index (Phi) is 5.79. The van der Waals surface area contributed by atoms with Crippen LogP contribution in [0.4, 0.5) is 0 Å². The van der Waals surface area contributed by atoms with E-state index in [1.54, 1.807) is 36.0 Å². The van der Waals surface area contributed by atoms with Crippen molar-refractivity contribution in [2.24, 2.45) is 0 Å². The minimum atomic E-state index is -0.273. The summed E-state index contributed by atoms with van der Waals surface area (Å²) in [6, 6.07) is 24.5. The van der Waals surface area contributed by atoms with Crippen molar-refractivity contribution in [1.29, 1.82) is 0 Å². The van der Waals surface area contributed by atoms with E-state index in [2.05, 4.69) is 10.4 Å². The van der Waals surface area contributed by atoms with Crippen LogP contribution in [-0.4, -0.2) is 22.2 Å². The molecule has 0 bridgehead atoms. The zero-order chi connectivity index (χ0) is 23.5. The van der Waals surface area contributed by atoms with Gasteiger partial charge in [0.2, 0.25) is 0 Å². The van der Waals surface area contributed by atoms with Gasteiger partial charge in [-0.2, -0.15) is 5.10 Å². The zero-order valence-electron chi connectivity index (χ0n) is 18.7. The fourth-order valence-corrected chi connectivity index (χ4v) is 4.01. The minimum absolute atomic E-state index is 0.132. The molecular formula is C28H23N3O3. The maximum Gasteiger partial charge on any atom is 0.255 e. The van der Waals surface area contributed by atoms with Crippen LogP contribution >= 0.6 is 0 Å². The number of amides is 1. The Morgan fingerprint density at radius 3 is 2.50 bits per heavy atom. The highest BCUT2D eigenvalue weighted by atomic mass is 16.3. The second-order valence-electron chi connectivity index (χ2n) is 8.06. The van der Waals surface area contributed by atoms with Crippen molar-refractivity contribution in [2.45, 2.75) is 13.3 Å². The number of para-hydroxylation sites is 1. The lowest BCUT2D eigenvalue weighted by atomic mass is 10.0. The topological polar surface area (TPSA) is 77.1 Å². The Hall–Kier alpha value is -4.45. The van der Waals surface area contributed by atoms with Gasteiger partial charge in [0.15, 0.2) is 11.0 Å². The summed E-state index contributed by atoms with van der Waals surface area (Å²) in [5, 5.41) is 7.58. The lowest BCUT2D eigenvalue weighted by molar-refractivity contribution is 0.0955. The summed E-state index contributed by atoms with van der Waals surface area (Å²) in [7, 11) is 0. The number of benzene rings is 3. The van der Waals surface area contributed by atoms with Crippen LogP contribution in [0.3, 0.4) is 0 Å². The second kappa shape index (κ2) is 9.19. The normalized spacial score (nSPS) is 11.0. The Morgan fingerprint density at radius 2 is 1.76 bits per heavy atom. The van der Waals surface area contributed by atoms with Crippen LogP contribution in [0.1, 0.15) is 21.5 Å².